The van der Waals surface area contributed by atoms with Gasteiger partial charge in [-0.25, -0.2) is 4.98 Å². The smallest absolute Gasteiger partial charge is 0.138 e. The first-order valence-electron chi connectivity index (χ1n) is 4.50. The normalized spacial score (nSPS) is 14.9. The number of halogens is 1. The summed E-state index contributed by atoms with van der Waals surface area (Å²) >= 11 is 4.73. The van der Waals surface area contributed by atoms with Gasteiger partial charge in [0, 0.05) is 5.38 Å². The quantitative estimate of drug-likeness (QED) is 0.919. The highest BCUT2D eigenvalue weighted by molar-refractivity contribution is 9.10. The minimum Gasteiger partial charge on any atom is -0.378 e. The molecule has 0 aliphatic carbocycles. The molecular weight excluding hydrogens is 274 g/mol. The van der Waals surface area contributed by atoms with Crippen LogP contribution >= 0.6 is 27.3 Å². The van der Waals surface area contributed by atoms with E-state index in [1.54, 1.807) is 6.92 Å². The summed E-state index contributed by atoms with van der Waals surface area (Å²) in [4.78, 5) is 4.24. The largest absolute Gasteiger partial charge is 0.378 e. The molecule has 2 aromatic rings. The zero-order valence-electron chi connectivity index (χ0n) is 8.14. The second kappa shape index (κ2) is 4.04. The number of aliphatic hydroxyl groups is 1. The predicted octanol–water partition coefficient (Wildman–Crippen LogP) is 3.16. The van der Waals surface area contributed by atoms with E-state index in [1.165, 1.54) is 11.3 Å². The molecule has 15 heavy (non-hydrogen) atoms. The molecule has 1 atom stereocenters. The van der Waals surface area contributed by atoms with Gasteiger partial charge in [-0.1, -0.05) is 30.3 Å². The molecule has 1 unspecified atom stereocenters. The summed E-state index contributed by atoms with van der Waals surface area (Å²) in [5, 5.41) is 13.0. The fourth-order valence-corrected chi connectivity index (χ4v) is 2.70. The van der Waals surface area contributed by atoms with Crippen LogP contribution in [-0.2, 0) is 5.60 Å². The molecule has 2 rings (SSSR count). The fraction of sp³-hybridized carbons (Fsp3) is 0.182. The first-order valence-corrected chi connectivity index (χ1v) is 6.17. The molecule has 78 valence electrons. The van der Waals surface area contributed by atoms with Gasteiger partial charge in [-0.15, -0.1) is 11.3 Å². The van der Waals surface area contributed by atoms with Crippen molar-refractivity contribution in [1.29, 1.82) is 0 Å². The van der Waals surface area contributed by atoms with E-state index >= 15 is 0 Å². The van der Waals surface area contributed by atoms with Gasteiger partial charge in [0.1, 0.15) is 15.2 Å². The predicted molar refractivity (Wildman–Crippen MR) is 64.9 cm³/mol. The molecular formula is C11H10BrNOS. The zero-order valence-corrected chi connectivity index (χ0v) is 10.5. The lowest BCUT2D eigenvalue weighted by molar-refractivity contribution is 0.102. The van der Waals surface area contributed by atoms with Crippen molar-refractivity contribution in [1.82, 2.24) is 4.98 Å². The van der Waals surface area contributed by atoms with Crippen LogP contribution in [0.4, 0.5) is 0 Å². The number of hydrogen-bond donors (Lipinski definition) is 1. The van der Waals surface area contributed by atoms with Crippen molar-refractivity contribution in [3.05, 3.63) is 50.9 Å². The van der Waals surface area contributed by atoms with Crippen LogP contribution in [0.25, 0.3) is 0 Å². The van der Waals surface area contributed by atoms with Crippen LogP contribution < -0.4 is 0 Å². The fourth-order valence-electron chi connectivity index (χ4n) is 1.36. The van der Waals surface area contributed by atoms with Crippen molar-refractivity contribution < 1.29 is 5.11 Å². The molecule has 0 bridgehead atoms. The van der Waals surface area contributed by atoms with Gasteiger partial charge in [-0.2, -0.15) is 0 Å². The third-order valence-corrected chi connectivity index (χ3v) is 3.99. The third kappa shape index (κ3) is 2.12. The maximum atomic E-state index is 10.4. The Labute approximate surface area is 101 Å². The molecule has 1 aromatic heterocycles. The Balaban J connectivity index is 2.43. The number of rotatable bonds is 2. The van der Waals surface area contributed by atoms with Crippen molar-refractivity contribution in [2.75, 3.05) is 0 Å². The average molecular weight is 284 g/mol. The maximum absolute atomic E-state index is 10.4. The van der Waals surface area contributed by atoms with Gasteiger partial charge in [0.15, 0.2) is 0 Å². The Morgan fingerprint density at radius 1 is 1.33 bits per heavy atom. The molecule has 0 saturated heterocycles. The summed E-state index contributed by atoms with van der Waals surface area (Å²) in [5.41, 5.74) is -0.162. The lowest BCUT2D eigenvalue weighted by atomic mass is 9.97. The SMILES string of the molecule is CC(O)(c1ccccc1)c1nc(Br)cs1. The van der Waals surface area contributed by atoms with E-state index in [0.29, 0.717) is 5.01 Å². The molecule has 0 spiro atoms. The number of nitrogens with zero attached hydrogens (tertiary/aromatic N) is 1. The van der Waals surface area contributed by atoms with Crippen molar-refractivity contribution in [3.8, 4) is 0 Å². The second-order valence-electron chi connectivity index (χ2n) is 3.41. The van der Waals surface area contributed by atoms with Gasteiger partial charge < -0.3 is 5.11 Å². The summed E-state index contributed by atoms with van der Waals surface area (Å²) < 4.78 is 0.763. The Bertz CT molecular complexity index is 453. The van der Waals surface area contributed by atoms with Crippen molar-refractivity contribution in [2.24, 2.45) is 0 Å². The lowest BCUT2D eigenvalue weighted by Crippen LogP contribution is -2.22. The van der Waals surface area contributed by atoms with Gasteiger partial charge in [-0.05, 0) is 28.4 Å². The molecule has 0 aliphatic rings. The van der Waals surface area contributed by atoms with E-state index in [-0.39, 0.29) is 0 Å². The highest BCUT2D eigenvalue weighted by Crippen LogP contribution is 2.32. The maximum Gasteiger partial charge on any atom is 0.138 e. The summed E-state index contributed by atoms with van der Waals surface area (Å²) in [5.74, 6) is 0. The summed E-state index contributed by atoms with van der Waals surface area (Å²) in [7, 11) is 0. The molecule has 2 nitrogen and oxygen atoms in total. The Kier molecular flexibility index (Phi) is 2.91. The number of hydrogen-bond acceptors (Lipinski definition) is 3. The van der Waals surface area contributed by atoms with E-state index < -0.39 is 5.60 Å². The minimum absolute atomic E-state index is 0.695. The molecule has 1 aromatic carbocycles. The van der Waals surface area contributed by atoms with Crippen LogP contribution in [0.15, 0.2) is 40.3 Å². The number of benzene rings is 1. The molecule has 4 heteroatoms. The Morgan fingerprint density at radius 2 is 2.00 bits per heavy atom. The van der Waals surface area contributed by atoms with E-state index in [4.69, 9.17) is 0 Å². The minimum atomic E-state index is -1.02. The van der Waals surface area contributed by atoms with Crippen LogP contribution in [0.5, 0.6) is 0 Å². The molecule has 1 heterocycles. The van der Waals surface area contributed by atoms with Gasteiger partial charge in [0.2, 0.25) is 0 Å². The lowest BCUT2D eigenvalue weighted by Gasteiger charge is -2.20. The van der Waals surface area contributed by atoms with Gasteiger partial charge in [0.25, 0.3) is 0 Å². The molecule has 0 radical (unpaired) electrons. The Morgan fingerprint density at radius 3 is 2.53 bits per heavy atom. The molecule has 1 N–H and O–H groups in total. The summed E-state index contributed by atoms with van der Waals surface area (Å²) in [6, 6.07) is 9.54. The van der Waals surface area contributed by atoms with E-state index in [0.717, 1.165) is 10.2 Å². The summed E-state index contributed by atoms with van der Waals surface area (Å²) in [6.45, 7) is 1.76. The van der Waals surface area contributed by atoms with Crippen molar-refractivity contribution in [2.45, 2.75) is 12.5 Å². The van der Waals surface area contributed by atoms with Crippen LogP contribution in [0, 0.1) is 0 Å². The van der Waals surface area contributed by atoms with Crippen LogP contribution in [0.2, 0.25) is 0 Å². The first-order chi connectivity index (χ1) is 7.10. The molecule has 0 fully saturated rings. The zero-order chi connectivity index (χ0) is 10.9. The number of thiazole rings is 1. The van der Waals surface area contributed by atoms with E-state index in [9.17, 15) is 5.11 Å². The molecule has 0 aliphatic heterocycles. The molecule has 0 amide bonds. The van der Waals surface area contributed by atoms with Gasteiger partial charge in [-0.3, -0.25) is 0 Å². The third-order valence-electron chi connectivity index (χ3n) is 2.23. The highest BCUT2D eigenvalue weighted by atomic mass is 79.9. The topological polar surface area (TPSA) is 33.1 Å². The number of aromatic nitrogens is 1. The second-order valence-corrected chi connectivity index (χ2v) is 5.08. The molecule has 0 saturated carbocycles. The van der Waals surface area contributed by atoms with Crippen LogP contribution in [0.3, 0.4) is 0 Å². The standard InChI is InChI=1S/C11H10BrNOS/c1-11(14,8-5-3-2-4-6-8)10-13-9(12)7-15-10/h2-7,14H,1H3. The van der Waals surface area contributed by atoms with Crippen molar-refractivity contribution >= 4 is 27.3 Å². The van der Waals surface area contributed by atoms with Crippen molar-refractivity contribution in [3.63, 3.8) is 0 Å². The van der Waals surface area contributed by atoms with E-state index in [1.807, 2.05) is 35.7 Å². The first kappa shape index (κ1) is 10.8. The monoisotopic (exact) mass is 283 g/mol. The Hall–Kier alpha value is -0.710. The highest BCUT2D eigenvalue weighted by Gasteiger charge is 2.28. The average Bonchev–Trinajstić information content (AvgIpc) is 2.67. The van der Waals surface area contributed by atoms with E-state index in [2.05, 4.69) is 20.9 Å². The summed E-state index contributed by atoms with van der Waals surface area (Å²) in [6.07, 6.45) is 0. The van der Waals surface area contributed by atoms with Crippen LogP contribution in [0.1, 0.15) is 17.5 Å². The van der Waals surface area contributed by atoms with Gasteiger partial charge in [0.05, 0.1) is 0 Å². The van der Waals surface area contributed by atoms with Gasteiger partial charge >= 0.3 is 0 Å². The van der Waals surface area contributed by atoms with Crippen LogP contribution in [-0.4, -0.2) is 10.1 Å².